The molecule has 1 aromatic carbocycles. The molecule has 1 atom stereocenters. The van der Waals surface area contributed by atoms with Gasteiger partial charge in [-0.2, -0.15) is 0 Å². The molecule has 0 fully saturated rings. The van der Waals surface area contributed by atoms with Gasteiger partial charge in [0.25, 0.3) is 0 Å². The third kappa shape index (κ3) is 3.03. The molecule has 0 spiro atoms. The molecule has 0 amide bonds. The first-order chi connectivity index (χ1) is 7.44. The van der Waals surface area contributed by atoms with Crippen LogP contribution in [0.5, 0.6) is 0 Å². The number of halogens is 2. The van der Waals surface area contributed by atoms with E-state index in [1.165, 1.54) is 0 Å². The molecule has 1 aromatic rings. The smallest absolute Gasteiger partial charge is 0.368 e. The van der Waals surface area contributed by atoms with Crippen LogP contribution in [0, 0.1) is 0 Å². The average molecular weight is 245 g/mol. The SMILES string of the molecule is CC(=O)[C@](F)(Cl)C(=O)OCc1ccccc1. The molecule has 16 heavy (non-hydrogen) atoms. The molecule has 0 saturated heterocycles. The zero-order valence-electron chi connectivity index (χ0n) is 8.57. The highest BCUT2D eigenvalue weighted by Gasteiger charge is 2.43. The number of rotatable bonds is 4. The Kier molecular flexibility index (Phi) is 4.01. The highest BCUT2D eigenvalue weighted by atomic mass is 35.5. The van der Waals surface area contributed by atoms with Crippen LogP contribution in [0.25, 0.3) is 0 Å². The van der Waals surface area contributed by atoms with E-state index in [1.807, 2.05) is 0 Å². The predicted octanol–water partition coefficient (Wildman–Crippen LogP) is 2.22. The molecule has 3 nitrogen and oxygen atoms in total. The lowest BCUT2D eigenvalue weighted by Gasteiger charge is -2.13. The van der Waals surface area contributed by atoms with Gasteiger partial charge >= 0.3 is 11.1 Å². The molecule has 5 heteroatoms. The molecule has 0 heterocycles. The van der Waals surface area contributed by atoms with Crippen molar-refractivity contribution in [3.05, 3.63) is 35.9 Å². The second-order valence-electron chi connectivity index (χ2n) is 3.19. The van der Waals surface area contributed by atoms with Crippen LogP contribution in [0.2, 0.25) is 0 Å². The second kappa shape index (κ2) is 5.07. The minimum absolute atomic E-state index is 0.120. The molecule has 0 bridgehead atoms. The first kappa shape index (κ1) is 12.6. The summed E-state index contributed by atoms with van der Waals surface area (Å²) in [5.41, 5.74) is 0.687. The Morgan fingerprint density at radius 2 is 1.94 bits per heavy atom. The van der Waals surface area contributed by atoms with Crippen molar-refractivity contribution in [2.75, 3.05) is 0 Å². The molecule has 0 aromatic heterocycles. The highest BCUT2D eigenvalue weighted by molar-refractivity contribution is 6.43. The first-order valence-corrected chi connectivity index (χ1v) is 4.92. The van der Waals surface area contributed by atoms with Gasteiger partial charge in [-0.15, -0.1) is 0 Å². The fraction of sp³-hybridized carbons (Fsp3) is 0.273. The third-order valence-corrected chi connectivity index (χ3v) is 2.33. The fourth-order valence-electron chi connectivity index (χ4n) is 0.957. The van der Waals surface area contributed by atoms with Gasteiger partial charge in [-0.25, -0.2) is 9.18 Å². The van der Waals surface area contributed by atoms with E-state index >= 15 is 0 Å². The molecule has 0 radical (unpaired) electrons. The summed E-state index contributed by atoms with van der Waals surface area (Å²) in [6, 6.07) is 8.70. The molecular formula is C11H10ClFO3. The summed E-state index contributed by atoms with van der Waals surface area (Å²) in [5, 5.41) is -3.09. The summed E-state index contributed by atoms with van der Waals surface area (Å²) < 4.78 is 17.8. The van der Waals surface area contributed by atoms with Crippen molar-refractivity contribution in [1.82, 2.24) is 0 Å². The van der Waals surface area contributed by atoms with Crippen LogP contribution in [0.3, 0.4) is 0 Å². The predicted molar refractivity (Wildman–Crippen MR) is 56.6 cm³/mol. The van der Waals surface area contributed by atoms with Gasteiger partial charge < -0.3 is 4.74 Å². The van der Waals surface area contributed by atoms with E-state index in [4.69, 9.17) is 11.6 Å². The van der Waals surface area contributed by atoms with Crippen molar-refractivity contribution in [1.29, 1.82) is 0 Å². The topological polar surface area (TPSA) is 43.4 Å². The van der Waals surface area contributed by atoms with Crippen LogP contribution in [-0.2, 0) is 20.9 Å². The lowest BCUT2D eigenvalue weighted by Crippen LogP contribution is -2.36. The van der Waals surface area contributed by atoms with Gasteiger partial charge in [0.1, 0.15) is 6.61 Å². The summed E-state index contributed by atoms with van der Waals surface area (Å²) in [4.78, 5) is 21.8. The Hall–Kier alpha value is -1.42. The van der Waals surface area contributed by atoms with E-state index in [0.29, 0.717) is 5.56 Å². The van der Waals surface area contributed by atoms with Gasteiger partial charge in [0.2, 0.25) is 0 Å². The van der Waals surface area contributed by atoms with Gasteiger partial charge in [0.05, 0.1) is 0 Å². The Bertz CT molecular complexity index is 389. The summed E-state index contributed by atoms with van der Waals surface area (Å²) in [7, 11) is 0. The lowest BCUT2D eigenvalue weighted by atomic mass is 10.2. The van der Waals surface area contributed by atoms with Crippen LogP contribution >= 0.6 is 11.6 Å². The lowest BCUT2D eigenvalue weighted by molar-refractivity contribution is -0.157. The zero-order chi connectivity index (χ0) is 12.2. The van der Waals surface area contributed by atoms with Crippen LogP contribution in [0.15, 0.2) is 30.3 Å². The quantitative estimate of drug-likeness (QED) is 0.463. The van der Waals surface area contributed by atoms with Crippen LogP contribution in [0.4, 0.5) is 4.39 Å². The molecule has 0 aliphatic rings. The number of carbonyl (C=O) groups is 2. The number of ketones is 1. The van der Waals surface area contributed by atoms with E-state index in [0.717, 1.165) is 6.92 Å². The minimum Gasteiger partial charge on any atom is -0.457 e. The van der Waals surface area contributed by atoms with Crippen molar-refractivity contribution in [2.45, 2.75) is 18.7 Å². The van der Waals surface area contributed by atoms with Gasteiger partial charge in [0.15, 0.2) is 5.78 Å². The first-order valence-electron chi connectivity index (χ1n) is 4.54. The Balaban J connectivity index is 2.57. The average Bonchev–Trinajstić information content (AvgIpc) is 2.27. The number of Topliss-reactive ketones (excluding diaryl/α,β-unsaturated/α-hetero) is 1. The molecule has 0 aliphatic carbocycles. The van der Waals surface area contributed by atoms with E-state index in [2.05, 4.69) is 4.74 Å². The van der Waals surface area contributed by atoms with Crippen molar-refractivity contribution in [2.24, 2.45) is 0 Å². The normalized spacial score (nSPS) is 13.9. The molecule has 0 N–H and O–H groups in total. The fourth-order valence-corrected chi connectivity index (χ4v) is 1.01. The maximum Gasteiger partial charge on any atom is 0.368 e. The largest absolute Gasteiger partial charge is 0.457 e. The van der Waals surface area contributed by atoms with Crippen molar-refractivity contribution >= 4 is 23.4 Å². The number of hydrogen-bond acceptors (Lipinski definition) is 3. The highest BCUT2D eigenvalue weighted by Crippen LogP contribution is 2.21. The number of benzene rings is 1. The van der Waals surface area contributed by atoms with E-state index in [-0.39, 0.29) is 6.61 Å². The number of hydrogen-bond donors (Lipinski definition) is 0. The zero-order valence-corrected chi connectivity index (χ0v) is 9.33. The summed E-state index contributed by atoms with van der Waals surface area (Å²) in [6.45, 7) is 0.766. The van der Waals surface area contributed by atoms with E-state index < -0.39 is 16.9 Å². The molecule has 1 rings (SSSR count). The van der Waals surface area contributed by atoms with Gasteiger partial charge in [-0.3, -0.25) is 4.79 Å². The van der Waals surface area contributed by atoms with Gasteiger partial charge in [-0.05, 0) is 12.5 Å². The minimum atomic E-state index is -3.09. The molecule has 0 aliphatic heterocycles. The second-order valence-corrected chi connectivity index (χ2v) is 3.71. The number of alkyl halides is 2. The monoisotopic (exact) mass is 244 g/mol. The maximum absolute atomic E-state index is 13.3. The van der Waals surface area contributed by atoms with Crippen LogP contribution < -0.4 is 0 Å². The molecule has 0 saturated carbocycles. The van der Waals surface area contributed by atoms with Gasteiger partial charge in [-0.1, -0.05) is 41.9 Å². The summed E-state index contributed by atoms with van der Waals surface area (Å²) in [6.07, 6.45) is 0. The van der Waals surface area contributed by atoms with E-state index in [9.17, 15) is 14.0 Å². The Labute approximate surface area is 97.2 Å². The Morgan fingerprint density at radius 3 is 2.44 bits per heavy atom. The number of carbonyl (C=O) groups excluding carboxylic acids is 2. The molecule has 0 unspecified atom stereocenters. The Morgan fingerprint density at radius 1 is 1.38 bits per heavy atom. The van der Waals surface area contributed by atoms with Crippen molar-refractivity contribution < 1.29 is 18.7 Å². The van der Waals surface area contributed by atoms with Crippen molar-refractivity contribution in [3.8, 4) is 0 Å². The molecular weight excluding hydrogens is 235 g/mol. The van der Waals surface area contributed by atoms with Crippen LogP contribution in [-0.4, -0.2) is 16.9 Å². The number of ether oxygens (including phenoxy) is 1. The number of esters is 1. The third-order valence-electron chi connectivity index (χ3n) is 1.91. The molecule has 86 valence electrons. The standard InChI is InChI=1S/C11H10ClFO3/c1-8(14)11(12,13)10(15)16-7-9-5-3-2-4-6-9/h2-6H,7H2,1H3/t11-/m1/s1. The van der Waals surface area contributed by atoms with E-state index in [1.54, 1.807) is 30.3 Å². The van der Waals surface area contributed by atoms with Crippen molar-refractivity contribution in [3.63, 3.8) is 0 Å². The summed E-state index contributed by atoms with van der Waals surface area (Å²) in [5.74, 6) is -2.47. The summed E-state index contributed by atoms with van der Waals surface area (Å²) >= 11 is 5.10. The van der Waals surface area contributed by atoms with Crippen LogP contribution in [0.1, 0.15) is 12.5 Å². The maximum atomic E-state index is 13.3. The van der Waals surface area contributed by atoms with Gasteiger partial charge in [0, 0.05) is 0 Å².